The Bertz CT molecular complexity index is 899. The molecule has 1 aromatic carbocycles. The fourth-order valence-electron chi connectivity index (χ4n) is 1.68. The van der Waals surface area contributed by atoms with E-state index in [1.54, 1.807) is 0 Å². The highest BCUT2D eigenvalue weighted by atomic mass is 32.2. The van der Waals surface area contributed by atoms with Crippen molar-refractivity contribution < 1.29 is 63.1 Å². The zero-order valence-corrected chi connectivity index (χ0v) is 15.3. The van der Waals surface area contributed by atoms with Crippen molar-refractivity contribution in [3.63, 3.8) is 0 Å². The van der Waals surface area contributed by atoms with Crippen LogP contribution in [-0.2, 0) is 29.2 Å². The molecular weight excluding hydrogens is 454 g/mol. The van der Waals surface area contributed by atoms with Crippen LogP contribution < -0.4 is 4.74 Å². The van der Waals surface area contributed by atoms with Crippen LogP contribution in [0.5, 0.6) is 5.75 Å². The first-order valence-electron chi connectivity index (χ1n) is 7.44. The molecule has 1 atom stereocenters. The van der Waals surface area contributed by atoms with E-state index in [0.717, 1.165) is 12.1 Å². The number of halogens is 6. The van der Waals surface area contributed by atoms with Crippen molar-refractivity contribution in [3.05, 3.63) is 42.7 Å². The van der Waals surface area contributed by atoms with Crippen molar-refractivity contribution in [2.75, 3.05) is 6.61 Å². The minimum absolute atomic E-state index is 0.530. The van der Waals surface area contributed by atoms with Gasteiger partial charge in [0, 0.05) is 0 Å². The topological polar surface area (TPSA) is 116 Å². The highest BCUT2D eigenvalue weighted by Crippen LogP contribution is 2.38. The van der Waals surface area contributed by atoms with Crippen molar-refractivity contribution in [1.29, 1.82) is 0 Å². The largest absolute Gasteiger partial charge is 0.468 e. The van der Waals surface area contributed by atoms with E-state index in [1.165, 1.54) is 18.2 Å². The molecule has 0 radical (unpaired) electrons. The fraction of sp³-hybridized carbons (Fsp3) is 0.333. The first kappa shape index (κ1) is 25.4. The van der Waals surface area contributed by atoms with Gasteiger partial charge in [0.25, 0.3) is 0 Å². The molecule has 168 valence electrons. The summed E-state index contributed by atoms with van der Waals surface area (Å²) in [5.74, 6) is -12.4. The highest BCUT2D eigenvalue weighted by Gasteiger charge is 2.68. The van der Waals surface area contributed by atoms with Crippen molar-refractivity contribution in [2.45, 2.75) is 23.6 Å². The summed E-state index contributed by atoms with van der Waals surface area (Å²) in [7, 11) is -6.05. The molecular formula is C15H12F6O8S. The van der Waals surface area contributed by atoms with Gasteiger partial charge in [-0.25, -0.2) is 9.59 Å². The highest BCUT2D eigenvalue weighted by molar-refractivity contribution is 7.86. The number of para-hydroxylation sites is 1. The summed E-state index contributed by atoms with van der Waals surface area (Å²) in [5, 5.41) is -4.98. The van der Waals surface area contributed by atoms with Gasteiger partial charge in [0.2, 0.25) is 5.83 Å². The minimum atomic E-state index is -6.05. The Balaban J connectivity index is 3.31. The number of hydrogen-bond donors (Lipinski definition) is 1. The molecule has 15 heteroatoms. The van der Waals surface area contributed by atoms with Crippen LogP contribution in [0.1, 0.15) is 6.42 Å². The van der Waals surface area contributed by atoms with E-state index in [2.05, 4.69) is 20.8 Å². The summed E-state index contributed by atoms with van der Waals surface area (Å²) in [5.41, 5.74) is 0. The van der Waals surface area contributed by atoms with Crippen molar-refractivity contribution >= 4 is 22.1 Å². The summed E-state index contributed by atoms with van der Waals surface area (Å²) in [6.45, 7) is 0.453. The van der Waals surface area contributed by atoms with Crippen LogP contribution >= 0.6 is 0 Å². The van der Waals surface area contributed by atoms with E-state index in [-0.39, 0.29) is 0 Å². The second-order valence-corrected chi connectivity index (χ2v) is 6.87. The average Bonchev–Trinajstić information content (AvgIpc) is 2.59. The summed E-state index contributed by atoms with van der Waals surface area (Å²) < 4.78 is 122. The molecule has 1 rings (SSSR count). The van der Waals surface area contributed by atoms with Gasteiger partial charge in [0.05, 0.1) is 13.0 Å². The van der Waals surface area contributed by atoms with Crippen LogP contribution in [0.2, 0.25) is 0 Å². The molecule has 30 heavy (non-hydrogen) atoms. The predicted octanol–water partition coefficient (Wildman–Crippen LogP) is 2.76. The predicted molar refractivity (Wildman–Crippen MR) is 84.3 cm³/mol. The third kappa shape index (κ3) is 5.93. The molecule has 0 aromatic heterocycles. The molecule has 1 aromatic rings. The zero-order valence-electron chi connectivity index (χ0n) is 14.5. The second kappa shape index (κ2) is 9.01. The van der Waals surface area contributed by atoms with Gasteiger partial charge in [0.15, 0.2) is 0 Å². The molecule has 0 aliphatic rings. The van der Waals surface area contributed by atoms with Gasteiger partial charge in [-0.15, -0.1) is 0 Å². The lowest BCUT2D eigenvalue weighted by Crippen LogP contribution is -2.59. The van der Waals surface area contributed by atoms with Crippen LogP contribution in [-0.4, -0.2) is 48.7 Å². The molecule has 8 nitrogen and oxygen atoms in total. The van der Waals surface area contributed by atoms with Crippen LogP contribution in [0.3, 0.4) is 0 Å². The SMILES string of the molecule is C=C(F)C(=O)OC(OCCC(F)(F)S(=O)(=O)O)(C(=O)Oc1ccccc1)C(F)(F)F. The lowest BCUT2D eigenvalue weighted by molar-refractivity contribution is -0.353. The minimum Gasteiger partial charge on any atom is -0.421 e. The quantitative estimate of drug-likeness (QED) is 0.148. The fourth-order valence-corrected chi connectivity index (χ4v) is 2.02. The van der Waals surface area contributed by atoms with Crippen molar-refractivity contribution in [3.8, 4) is 5.75 Å². The number of rotatable bonds is 9. The first-order chi connectivity index (χ1) is 13.5. The normalized spacial score (nSPS) is 14.5. The summed E-state index contributed by atoms with van der Waals surface area (Å²) >= 11 is 0. The Morgan fingerprint density at radius 3 is 2.03 bits per heavy atom. The summed E-state index contributed by atoms with van der Waals surface area (Å²) in [4.78, 5) is 23.5. The van der Waals surface area contributed by atoms with E-state index in [9.17, 15) is 44.3 Å². The lowest BCUT2D eigenvalue weighted by atomic mass is 10.2. The van der Waals surface area contributed by atoms with Gasteiger partial charge >= 0.3 is 39.3 Å². The standard InChI is InChI=1S/C15H12F6O8S/c1-9(16)11(22)29-14(15(19,20)21,12(23)28-10-5-3-2-4-6-10)27-8-7-13(17,18)30(24,25)26/h2-6H,1,7-8H2,(H,24,25,26). The Morgan fingerprint density at radius 1 is 1.07 bits per heavy atom. The number of carbonyl (C=O) groups excluding carboxylic acids is 2. The van der Waals surface area contributed by atoms with Crippen molar-refractivity contribution in [1.82, 2.24) is 0 Å². The van der Waals surface area contributed by atoms with Gasteiger partial charge in [0.1, 0.15) is 5.75 Å². The van der Waals surface area contributed by atoms with Crippen LogP contribution in [0.15, 0.2) is 42.7 Å². The van der Waals surface area contributed by atoms with Gasteiger partial charge in [-0.1, -0.05) is 24.8 Å². The molecule has 1 unspecified atom stereocenters. The maximum Gasteiger partial charge on any atom is 0.468 e. The number of alkyl halides is 5. The molecule has 0 heterocycles. The number of hydrogen-bond acceptors (Lipinski definition) is 7. The smallest absolute Gasteiger partial charge is 0.421 e. The number of esters is 2. The second-order valence-electron chi connectivity index (χ2n) is 5.32. The van der Waals surface area contributed by atoms with Gasteiger partial charge < -0.3 is 14.2 Å². The Labute approximate surface area is 164 Å². The van der Waals surface area contributed by atoms with E-state index in [4.69, 9.17) is 4.55 Å². The third-order valence-electron chi connectivity index (χ3n) is 3.13. The zero-order chi connectivity index (χ0) is 23.4. The molecule has 0 bridgehead atoms. The van der Waals surface area contributed by atoms with Gasteiger partial charge in [-0.05, 0) is 12.1 Å². The number of benzene rings is 1. The van der Waals surface area contributed by atoms with E-state index < -0.39 is 63.9 Å². The van der Waals surface area contributed by atoms with Gasteiger partial charge in [-0.3, -0.25) is 4.55 Å². The van der Waals surface area contributed by atoms with Crippen LogP contribution in [0, 0.1) is 0 Å². The lowest BCUT2D eigenvalue weighted by Gasteiger charge is -2.32. The Kier molecular flexibility index (Phi) is 7.63. The monoisotopic (exact) mass is 466 g/mol. The molecule has 0 amide bonds. The Hall–Kier alpha value is -2.65. The molecule has 0 aliphatic carbocycles. The van der Waals surface area contributed by atoms with E-state index in [1.807, 2.05) is 0 Å². The average molecular weight is 466 g/mol. The molecule has 0 spiro atoms. The maximum atomic E-state index is 13.6. The van der Waals surface area contributed by atoms with Crippen molar-refractivity contribution in [2.24, 2.45) is 0 Å². The first-order valence-corrected chi connectivity index (χ1v) is 8.88. The maximum absolute atomic E-state index is 13.6. The third-order valence-corrected chi connectivity index (χ3v) is 4.09. The van der Waals surface area contributed by atoms with Crippen LogP contribution in [0.4, 0.5) is 26.3 Å². The molecule has 0 aliphatic heterocycles. The summed E-state index contributed by atoms with van der Waals surface area (Å²) in [6.07, 6.45) is -8.12. The molecule has 1 N–H and O–H groups in total. The summed E-state index contributed by atoms with van der Waals surface area (Å²) in [6, 6.07) is 5.81. The van der Waals surface area contributed by atoms with E-state index in [0.29, 0.717) is 0 Å². The molecule has 0 saturated carbocycles. The Morgan fingerprint density at radius 2 is 1.60 bits per heavy atom. The molecule has 0 saturated heterocycles. The number of ether oxygens (including phenoxy) is 3. The number of carbonyl (C=O) groups is 2. The van der Waals surface area contributed by atoms with Crippen LogP contribution in [0.25, 0.3) is 0 Å². The molecule has 0 fully saturated rings. The van der Waals surface area contributed by atoms with E-state index >= 15 is 0 Å². The van der Waals surface area contributed by atoms with Gasteiger partial charge in [-0.2, -0.15) is 34.8 Å².